The van der Waals surface area contributed by atoms with Crippen molar-refractivity contribution in [1.29, 1.82) is 0 Å². The number of fused-ring (bicyclic) bond motifs is 1. The highest BCUT2D eigenvalue weighted by Gasteiger charge is 2.19. The van der Waals surface area contributed by atoms with Gasteiger partial charge in [0.2, 0.25) is 0 Å². The summed E-state index contributed by atoms with van der Waals surface area (Å²) in [5.74, 6) is 3.02. The van der Waals surface area contributed by atoms with E-state index in [1.54, 1.807) is 14.2 Å². The van der Waals surface area contributed by atoms with Crippen LogP contribution in [-0.2, 0) is 13.1 Å². The molecule has 152 valence electrons. The maximum absolute atomic E-state index is 10.5. The highest BCUT2D eigenvalue weighted by molar-refractivity contribution is 5.41. The number of aliphatic hydroxyl groups is 1. The molecule has 2 aromatic carbocycles. The molecule has 0 unspecified atom stereocenters. The van der Waals surface area contributed by atoms with Crippen molar-refractivity contribution in [2.45, 2.75) is 39.5 Å². The molecule has 0 amide bonds. The lowest BCUT2D eigenvalue weighted by atomic mass is 9.97. The van der Waals surface area contributed by atoms with Crippen molar-refractivity contribution >= 4 is 0 Å². The van der Waals surface area contributed by atoms with Crippen LogP contribution in [0.4, 0.5) is 0 Å². The number of rotatable bonds is 7. The summed E-state index contributed by atoms with van der Waals surface area (Å²) >= 11 is 0. The Bertz CT molecular complexity index is 790. The molecule has 0 bridgehead atoms. The lowest BCUT2D eigenvalue weighted by Gasteiger charge is -2.22. The van der Waals surface area contributed by atoms with Gasteiger partial charge >= 0.3 is 0 Å². The smallest absolute Gasteiger partial charge is 0.123 e. The normalized spacial score (nSPS) is 15.5. The van der Waals surface area contributed by atoms with Gasteiger partial charge in [0.05, 0.1) is 20.3 Å². The molecule has 1 aliphatic heterocycles. The number of hydrogen-bond acceptors (Lipinski definition) is 5. The topological polar surface area (TPSA) is 51.2 Å². The Morgan fingerprint density at radius 1 is 1.11 bits per heavy atom. The Kier molecular flexibility index (Phi) is 6.81. The Hall–Kier alpha value is -2.24. The fraction of sp³-hybridized carbons (Fsp3) is 0.478. The molecule has 1 N–H and O–H groups in total. The molecule has 0 saturated carbocycles. The first kappa shape index (κ1) is 20.5. The van der Waals surface area contributed by atoms with E-state index in [1.807, 2.05) is 30.3 Å². The van der Waals surface area contributed by atoms with Crippen LogP contribution in [0.1, 0.15) is 43.1 Å². The molecule has 1 heterocycles. The highest BCUT2D eigenvalue weighted by atomic mass is 16.5. The minimum Gasteiger partial charge on any atom is -0.497 e. The van der Waals surface area contributed by atoms with Crippen LogP contribution < -0.4 is 14.2 Å². The molecule has 1 aliphatic rings. The third kappa shape index (κ3) is 4.97. The zero-order chi connectivity index (χ0) is 20.1. The van der Waals surface area contributed by atoms with E-state index in [0.717, 1.165) is 60.0 Å². The van der Waals surface area contributed by atoms with Crippen molar-refractivity contribution < 1.29 is 19.3 Å². The SMILES string of the molecule is COc1ccc(OC)c(CN2CCOc3ccc([C@@H](O)CC(C)C)cc3C2)c1. The average Bonchev–Trinajstić information content (AvgIpc) is 2.88. The summed E-state index contributed by atoms with van der Waals surface area (Å²) in [5.41, 5.74) is 3.15. The zero-order valence-corrected chi connectivity index (χ0v) is 17.3. The van der Waals surface area contributed by atoms with Gasteiger partial charge in [-0.15, -0.1) is 0 Å². The number of hydrogen-bond donors (Lipinski definition) is 1. The minimum atomic E-state index is -0.444. The minimum absolute atomic E-state index is 0.444. The summed E-state index contributed by atoms with van der Waals surface area (Å²) in [4.78, 5) is 2.34. The van der Waals surface area contributed by atoms with Gasteiger partial charge < -0.3 is 19.3 Å². The Morgan fingerprint density at radius 3 is 2.64 bits per heavy atom. The van der Waals surface area contributed by atoms with E-state index in [-0.39, 0.29) is 0 Å². The third-order valence-electron chi connectivity index (χ3n) is 5.10. The molecule has 0 fully saturated rings. The van der Waals surface area contributed by atoms with Crippen molar-refractivity contribution in [1.82, 2.24) is 4.90 Å². The van der Waals surface area contributed by atoms with E-state index in [9.17, 15) is 5.11 Å². The van der Waals surface area contributed by atoms with E-state index in [2.05, 4.69) is 24.8 Å². The van der Waals surface area contributed by atoms with Crippen molar-refractivity contribution in [2.75, 3.05) is 27.4 Å². The van der Waals surface area contributed by atoms with Crippen LogP contribution in [0.5, 0.6) is 17.2 Å². The van der Waals surface area contributed by atoms with Crippen molar-refractivity contribution in [3.8, 4) is 17.2 Å². The highest BCUT2D eigenvalue weighted by Crippen LogP contribution is 2.31. The van der Waals surface area contributed by atoms with Crippen LogP contribution in [0.3, 0.4) is 0 Å². The second-order valence-electron chi connectivity index (χ2n) is 7.75. The van der Waals surface area contributed by atoms with E-state index >= 15 is 0 Å². The predicted octanol–water partition coefficient (Wildman–Crippen LogP) is 4.18. The van der Waals surface area contributed by atoms with Gasteiger partial charge in [-0.1, -0.05) is 19.9 Å². The van der Waals surface area contributed by atoms with Crippen LogP contribution in [0.25, 0.3) is 0 Å². The van der Waals surface area contributed by atoms with Crippen LogP contribution >= 0.6 is 0 Å². The van der Waals surface area contributed by atoms with Gasteiger partial charge in [0.25, 0.3) is 0 Å². The fourth-order valence-electron chi connectivity index (χ4n) is 3.64. The molecule has 0 saturated heterocycles. The first-order valence-corrected chi connectivity index (χ1v) is 9.87. The van der Waals surface area contributed by atoms with Gasteiger partial charge in [-0.2, -0.15) is 0 Å². The maximum Gasteiger partial charge on any atom is 0.123 e. The summed E-state index contributed by atoms with van der Waals surface area (Å²) in [7, 11) is 3.36. The van der Waals surface area contributed by atoms with E-state index in [1.165, 1.54) is 0 Å². The Labute approximate surface area is 167 Å². The zero-order valence-electron chi connectivity index (χ0n) is 17.3. The second kappa shape index (κ2) is 9.30. The first-order chi connectivity index (χ1) is 13.5. The van der Waals surface area contributed by atoms with Crippen molar-refractivity contribution in [3.63, 3.8) is 0 Å². The number of nitrogens with zero attached hydrogens (tertiary/aromatic N) is 1. The summed E-state index contributed by atoms with van der Waals surface area (Å²) in [6, 6.07) is 11.9. The molecule has 1 atom stereocenters. The molecular weight excluding hydrogens is 354 g/mol. The van der Waals surface area contributed by atoms with Crippen LogP contribution in [-0.4, -0.2) is 37.4 Å². The maximum atomic E-state index is 10.5. The van der Waals surface area contributed by atoms with Crippen LogP contribution in [0, 0.1) is 5.92 Å². The molecular formula is C23H31NO4. The standard InChI is InChI=1S/C23H31NO4/c1-16(2)11-21(25)17-5-7-23-18(12-17)14-24(9-10-28-23)15-19-13-20(26-3)6-8-22(19)27-4/h5-8,12-13,16,21,25H,9-11,14-15H2,1-4H3/t21-/m0/s1. The van der Waals surface area contributed by atoms with E-state index in [4.69, 9.17) is 14.2 Å². The first-order valence-electron chi connectivity index (χ1n) is 9.87. The monoisotopic (exact) mass is 385 g/mol. The number of methoxy groups -OCH3 is 2. The van der Waals surface area contributed by atoms with Crippen molar-refractivity contribution in [2.24, 2.45) is 5.92 Å². The fourth-order valence-corrected chi connectivity index (χ4v) is 3.64. The van der Waals surface area contributed by atoms with Crippen LogP contribution in [0.2, 0.25) is 0 Å². The quantitative estimate of drug-likeness (QED) is 0.775. The lowest BCUT2D eigenvalue weighted by Crippen LogP contribution is -2.25. The molecule has 0 radical (unpaired) electrons. The van der Waals surface area contributed by atoms with Gasteiger partial charge in [0, 0.05) is 30.8 Å². The summed E-state index contributed by atoms with van der Waals surface area (Å²) in [6.07, 6.45) is 0.310. The van der Waals surface area contributed by atoms with Gasteiger partial charge in [-0.3, -0.25) is 4.90 Å². The number of ether oxygens (including phenoxy) is 3. The Balaban J connectivity index is 1.80. The molecule has 5 nitrogen and oxygen atoms in total. The molecule has 2 aromatic rings. The van der Waals surface area contributed by atoms with Gasteiger partial charge in [-0.25, -0.2) is 0 Å². The predicted molar refractivity (Wildman–Crippen MR) is 110 cm³/mol. The number of benzene rings is 2. The third-order valence-corrected chi connectivity index (χ3v) is 5.10. The largest absolute Gasteiger partial charge is 0.497 e. The van der Waals surface area contributed by atoms with Gasteiger partial charge in [0.15, 0.2) is 0 Å². The van der Waals surface area contributed by atoms with Gasteiger partial charge in [0.1, 0.15) is 23.9 Å². The summed E-state index contributed by atoms with van der Waals surface area (Å²) in [6.45, 7) is 7.20. The van der Waals surface area contributed by atoms with Gasteiger partial charge in [-0.05, 0) is 48.2 Å². The molecule has 3 rings (SSSR count). The molecule has 0 spiro atoms. The molecule has 28 heavy (non-hydrogen) atoms. The molecule has 0 aromatic heterocycles. The summed E-state index contributed by atoms with van der Waals surface area (Å²) < 4.78 is 16.9. The molecule has 0 aliphatic carbocycles. The van der Waals surface area contributed by atoms with Crippen LogP contribution in [0.15, 0.2) is 36.4 Å². The van der Waals surface area contributed by atoms with E-state index in [0.29, 0.717) is 12.5 Å². The van der Waals surface area contributed by atoms with Crippen molar-refractivity contribution in [3.05, 3.63) is 53.1 Å². The number of aliphatic hydroxyl groups excluding tert-OH is 1. The molecule has 5 heteroatoms. The van der Waals surface area contributed by atoms with E-state index < -0.39 is 6.10 Å². The summed E-state index contributed by atoms with van der Waals surface area (Å²) in [5, 5.41) is 10.5. The average molecular weight is 386 g/mol. The second-order valence-corrected chi connectivity index (χ2v) is 7.75. The Morgan fingerprint density at radius 2 is 1.93 bits per heavy atom. The lowest BCUT2D eigenvalue weighted by molar-refractivity contribution is 0.151.